The fourth-order valence-electron chi connectivity index (χ4n) is 3.29. The van der Waals surface area contributed by atoms with Crippen molar-refractivity contribution in [3.05, 3.63) is 66.2 Å². The van der Waals surface area contributed by atoms with Crippen molar-refractivity contribution < 1.29 is 9.94 Å². The molecule has 3 aromatic rings. The van der Waals surface area contributed by atoms with E-state index in [1.54, 1.807) is 12.5 Å². The van der Waals surface area contributed by atoms with Gasteiger partial charge in [0.1, 0.15) is 12.9 Å². The Balaban J connectivity index is 1.70. The lowest BCUT2D eigenvalue weighted by molar-refractivity contribution is 0.0862. The van der Waals surface area contributed by atoms with Gasteiger partial charge in [-0.15, -0.1) is 4.99 Å². The second-order valence-corrected chi connectivity index (χ2v) is 6.46. The second kappa shape index (κ2) is 7.05. The molecule has 1 aliphatic carbocycles. The van der Waals surface area contributed by atoms with Gasteiger partial charge in [0.15, 0.2) is 11.2 Å². The van der Waals surface area contributed by atoms with Crippen LogP contribution >= 0.6 is 0 Å². The standard InChI is InChI=1S/C19H18N6O2/c1-13-7-15(8-16(13)26)24-11-22-17-18(24)23-12-25(19(17)21-10-20)27-9-14-5-3-2-4-6-14/h2-6,11-12,15-16,26H,1,7-9H2/t15-,16+/m1/s1. The first-order valence-electron chi connectivity index (χ1n) is 8.57. The van der Waals surface area contributed by atoms with Gasteiger partial charge in [0.25, 0.3) is 0 Å². The van der Waals surface area contributed by atoms with E-state index < -0.39 is 6.10 Å². The summed E-state index contributed by atoms with van der Waals surface area (Å²) in [5.41, 5.74) is 3.14. The molecule has 1 aromatic carbocycles. The summed E-state index contributed by atoms with van der Waals surface area (Å²) in [5.74, 6) is 0. The number of aliphatic hydroxyl groups excluding tert-OH is 1. The molecule has 2 atom stereocenters. The summed E-state index contributed by atoms with van der Waals surface area (Å²) in [6.45, 7) is 4.21. The Labute approximate surface area is 155 Å². The molecule has 1 N–H and O–H groups in total. The van der Waals surface area contributed by atoms with Gasteiger partial charge in [0.2, 0.25) is 11.7 Å². The zero-order chi connectivity index (χ0) is 18.8. The van der Waals surface area contributed by atoms with Crippen molar-refractivity contribution in [1.82, 2.24) is 19.3 Å². The van der Waals surface area contributed by atoms with Crippen LogP contribution in [0.15, 0.2) is 60.1 Å². The largest absolute Gasteiger partial charge is 0.406 e. The molecule has 1 aliphatic rings. The number of hydrogen-bond donors (Lipinski definition) is 1. The Morgan fingerprint density at radius 1 is 1.30 bits per heavy atom. The van der Waals surface area contributed by atoms with Crippen LogP contribution in [0.3, 0.4) is 0 Å². The normalized spacial score (nSPS) is 20.1. The van der Waals surface area contributed by atoms with Crippen molar-refractivity contribution >= 4 is 11.2 Å². The zero-order valence-corrected chi connectivity index (χ0v) is 14.6. The van der Waals surface area contributed by atoms with Gasteiger partial charge in [0, 0.05) is 6.04 Å². The topological polar surface area (TPSA) is 101 Å². The summed E-state index contributed by atoms with van der Waals surface area (Å²) in [4.78, 5) is 18.5. The van der Waals surface area contributed by atoms with Crippen LogP contribution in [-0.4, -0.2) is 30.5 Å². The van der Waals surface area contributed by atoms with Crippen molar-refractivity contribution in [3.8, 4) is 6.19 Å². The third-order valence-electron chi connectivity index (χ3n) is 4.70. The molecule has 27 heavy (non-hydrogen) atoms. The van der Waals surface area contributed by atoms with E-state index in [1.165, 1.54) is 11.1 Å². The Hall–Kier alpha value is -3.44. The molecule has 1 saturated carbocycles. The van der Waals surface area contributed by atoms with E-state index >= 15 is 0 Å². The number of nitriles is 1. The van der Waals surface area contributed by atoms with Gasteiger partial charge in [-0.05, 0) is 24.0 Å². The van der Waals surface area contributed by atoms with Crippen LogP contribution in [0.25, 0.3) is 11.2 Å². The first-order chi connectivity index (χ1) is 13.2. The number of nitrogens with zero attached hydrogens (tertiary/aromatic N) is 6. The summed E-state index contributed by atoms with van der Waals surface area (Å²) in [5, 5.41) is 19.1. The van der Waals surface area contributed by atoms with E-state index in [0.717, 1.165) is 11.1 Å². The molecule has 0 radical (unpaired) electrons. The Kier molecular flexibility index (Phi) is 4.44. The first-order valence-corrected chi connectivity index (χ1v) is 8.57. The highest BCUT2D eigenvalue weighted by Gasteiger charge is 2.29. The first kappa shape index (κ1) is 17.0. The van der Waals surface area contributed by atoms with E-state index in [1.807, 2.05) is 34.9 Å². The molecule has 2 aromatic heterocycles. The summed E-state index contributed by atoms with van der Waals surface area (Å²) in [7, 11) is 0. The maximum atomic E-state index is 9.96. The molecule has 0 aliphatic heterocycles. The summed E-state index contributed by atoms with van der Waals surface area (Å²) < 4.78 is 3.26. The molecule has 0 unspecified atom stereocenters. The third-order valence-corrected chi connectivity index (χ3v) is 4.70. The van der Waals surface area contributed by atoms with Crippen LogP contribution in [0.1, 0.15) is 24.4 Å². The van der Waals surface area contributed by atoms with E-state index in [4.69, 9.17) is 10.1 Å². The fraction of sp³-hybridized carbons (Fsp3) is 0.263. The Bertz CT molecular complexity index is 1090. The highest BCUT2D eigenvalue weighted by Crippen LogP contribution is 2.34. The van der Waals surface area contributed by atoms with Crippen LogP contribution < -0.4 is 10.3 Å². The van der Waals surface area contributed by atoms with Crippen LogP contribution in [0.4, 0.5) is 0 Å². The third kappa shape index (κ3) is 3.20. The number of aromatic nitrogens is 4. The predicted molar refractivity (Wildman–Crippen MR) is 96.8 cm³/mol. The summed E-state index contributed by atoms with van der Waals surface area (Å²) in [6.07, 6.45) is 5.66. The van der Waals surface area contributed by atoms with Crippen molar-refractivity contribution in [2.24, 2.45) is 4.99 Å². The molecule has 0 spiro atoms. The highest BCUT2D eigenvalue weighted by atomic mass is 16.7. The smallest absolute Gasteiger partial charge is 0.211 e. The number of fused-ring (bicyclic) bond motifs is 1. The van der Waals surface area contributed by atoms with Crippen molar-refractivity contribution in [2.75, 3.05) is 0 Å². The Morgan fingerprint density at radius 2 is 2.11 bits per heavy atom. The monoisotopic (exact) mass is 362 g/mol. The fourth-order valence-corrected chi connectivity index (χ4v) is 3.29. The minimum absolute atomic E-state index is 0.0287. The van der Waals surface area contributed by atoms with Gasteiger partial charge >= 0.3 is 0 Å². The zero-order valence-electron chi connectivity index (χ0n) is 14.6. The molecule has 1 fully saturated rings. The number of benzene rings is 1. The Morgan fingerprint density at radius 3 is 2.81 bits per heavy atom. The van der Waals surface area contributed by atoms with Gasteiger partial charge in [0.05, 0.1) is 12.4 Å². The SMILES string of the molecule is C=C1C[C@@H](n2cnc3c(=NC#N)n(OCc4ccccc4)cnc32)C[C@@H]1O. The van der Waals surface area contributed by atoms with E-state index in [0.29, 0.717) is 30.6 Å². The van der Waals surface area contributed by atoms with Gasteiger partial charge in [-0.1, -0.05) is 36.9 Å². The van der Waals surface area contributed by atoms with Crippen LogP contribution in [0.2, 0.25) is 0 Å². The van der Waals surface area contributed by atoms with Crippen LogP contribution in [0.5, 0.6) is 0 Å². The van der Waals surface area contributed by atoms with Crippen molar-refractivity contribution in [3.63, 3.8) is 0 Å². The quantitative estimate of drug-likeness (QED) is 0.560. The molecule has 8 nitrogen and oxygen atoms in total. The molecule has 8 heteroatoms. The van der Waals surface area contributed by atoms with Gasteiger partial charge in [-0.25, -0.2) is 9.97 Å². The highest BCUT2D eigenvalue weighted by molar-refractivity contribution is 5.69. The molecular formula is C19H18N6O2. The molecule has 4 rings (SSSR count). The van der Waals surface area contributed by atoms with Gasteiger partial charge in [-0.3, -0.25) is 0 Å². The number of hydrogen-bond acceptors (Lipinski definition) is 6. The maximum absolute atomic E-state index is 9.96. The average molecular weight is 362 g/mol. The lowest BCUT2D eigenvalue weighted by Gasteiger charge is -2.12. The number of rotatable bonds is 4. The minimum Gasteiger partial charge on any atom is -0.406 e. The lowest BCUT2D eigenvalue weighted by Crippen LogP contribution is -2.28. The van der Waals surface area contributed by atoms with Crippen molar-refractivity contribution in [2.45, 2.75) is 31.6 Å². The van der Waals surface area contributed by atoms with E-state index in [9.17, 15) is 5.11 Å². The molecule has 0 bridgehead atoms. The average Bonchev–Trinajstić information content (AvgIpc) is 3.25. The van der Waals surface area contributed by atoms with Crippen LogP contribution in [0, 0.1) is 11.5 Å². The second-order valence-electron chi connectivity index (χ2n) is 6.46. The minimum atomic E-state index is -0.515. The number of aliphatic hydroxyl groups is 1. The molecule has 0 saturated heterocycles. The molecule has 0 amide bonds. The number of imidazole rings is 1. The molecule has 136 valence electrons. The maximum Gasteiger partial charge on any atom is 0.211 e. The predicted octanol–water partition coefficient (Wildman–Crippen LogP) is 1.50. The molecular weight excluding hydrogens is 344 g/mol. The lowest BCUT2D eigenvalue weighted by atomic mass is 10.2. The van der Waals surface area contributed by atoms with E-state index in [2.05, 4.69) is 21.5 Å². The van der Waals surface area contributed by atoms with Crippen molar-refractivity contribution in [1.29, 1.82) is 5.26 Å². The van der Waals surface area contributed by atoms with Gasteiger partial charge in [-0.2, -0.15) is 9.99 Å². The van der Waals surface area contributed by atoms with E-state index in [-0.39, 0.29) is 11.5 Å². The summed E-state index contributed by atoms with van der Waals surface area (Å²) >= 11 is 0. The molecule has 2 heterocycles. The van der Waals surface area contributed by atoms with Gasteiger partial charge < -0.3 is 14.5 Å². The summed E-state index contributed by atoms with van der Waals surface area (Å²) in [6, 6.07) is 9.71. The van der Waals surface area contributed by atoms with Crippen LogP contribution in [-0.2, 0) is 6.61 Å².